The molecule has 0 aliphatic carbocycles. The van der Waals surface area contributed by atoms with E-state index in [0.29, 0.717) is 17.0 Å². The van der Waals surface area contributed by atoms with Crippen LogP contribution in [0.5, 0.6) is 0 Å². The van der Waals surface area contributed by atoms with Crippen molar-refractivity contribution in [3.05, 3.63) is 77.2 Å². The Kier molecular flexibility index (Phi) is 4.18. The van der Waals surface area contributed by atoms with E-state index in [9.17, 15) is 13.2 Å². The van der Waals surface area contributed by atoms with Crippen molar-refractivity contribution in [2.75, 3.05) is 0 Å². The molecule has 0 radical (unpaired) electrons. The minimum absolute atomic E-state index is 0.124. The molecular weight excluding hydrogens is 351 g/mol. The summed E-state index contributed by atoms with van der Waals surface area (Å²) >= 11 is 0. The number of alkyl halides is 2. The van der Waals surface area contributed by atoms with E-state index in [1.165, 1.54) is 41.2 Å². The third-order valence-corrected chi connectivity index (χ3v) is 4.68. The van der Waals surface area contributed by atoms with Gasteiger partial charge in [-0.3, -0.25) is 0 Å². The van der Waals surface area contributed by atoms with Crippen molar-refractivity contribution in [3.63, 3.8) is 0 Å². The van der Waals surface area contributed by atoms with Crippen LogP contribution < -0.4 is 0 Å². The van der Waals surface area contributed by atoms with Gasteiger partial charge in [-0.2, -0.15) is 5.10 Å². The summed E-state index contributed by atoms with van der Waals surface area (Å²) in [5.41, 5.74) is 4.12. The SMILES string of the molecule is Cc1ccc(-c2cc(C(F)F)c3cnn(-c4ccc(F)cc4)c3n2)cc1C. The largest absolute Gasteiger partial charge is 0.264 e. The molecule has 4 aromatic rings. The standard InChI is InChI=1S/C21H16F3N3/c1-12-3-4-14(9-13(12)2)19-10-17(20(23)24)18-11-25-27(21(18)26-19)16-7-5-15(22)6-8-16/h3-11,20H,1-2H3. The summed E-state index contributed by atoms with van der Waals surface area (Å²) < 4.78 is 42.0. The molecule has 0 saturated heterocycles. The highest BCUT2D eigenvalue weighted by Crippen LogP contribution is 2.32. The van der Waals surface area contributed by atoms with E-state index in [0.717, 1.165) is 16.7 Å². The zero-order valence-corrected chi connectivity index (χ0v) is 14.7. The minimum atomic E-state index is -2.66. The Bertz CT molecular complexity index is 1130. The number of hydrogen-bond donors (Lipinski definition) is 0. The van der Waals surface area contributed by atoms with E-state index in [1.54, 1.807) is 0 Å². The molecule has 0 amide bonds. The lowest BCUT2D eigenvalue weighted by Crippen LogP contribution is -2.00. The smallest absolute Gasteiger partial charge is 0.228 e. The van der Waals surface area contributed by atoms with E-state index in [-0.39, 0.29) is 16.8 Å². The van der Waals surface area contributed by atoms with Gasteiger partial charge < -0.3 is 0 Å². The molecule has 0 bridgehead atoms. The number of benzene rings is 2. The second-order valence-electron chi connectivity index (χ2n) is 6.47. The van der Waals surface area contributed by atoms with Gasteiger partial charge in [0.25, 0.3) is 6.43 Å². The van der Waals surface area contributed by atoms with Gasteiger partial charge in [-0.05, 0) is 61.4 Å². The zero-order valence-electron chi connectivity index (χ0n) is 14.7. The molecule has 2 aromatic heterocycles. The summed E-state index contributed by atoms with van der Waals surface area (Å²) in [5, 5.41) is 4.48. The van der Waals surface area contributed by atoms with E-state index >= 15 is 0 Å². The summed E-state index contributed by atoms with van der Waals surface area (Å²) in [6, 6.07) is 12.8. The van der Waals surface area contributed by atoms with Crippen LogP contribution in [-0.4, -0.2) is 14.8 Å². The molecule has 27 heavy (non-hydrogen) atoms. The van der Waals surface area contributed by atoms with Crippen molar-refractivity contribution >= 4 is 11.0 Å². The fourth-order valence-corrected chi connectivity index (χ4v) is 3.03. The fraction of sp³-hybridized carbons (Fsp3) is 0.143. The molecular formula is C21H16F3N3. The first kappa shape index (κ1) is 17.3. The maximum atomic E-state index is 13.7. The monoisotopic (exact) mass is 367 g/mol. The van der Waals surface area contributed by atoms with Gasteiger partial charge in [0.05, 0.1) is 17.6 Å². The summed E-state index contributed by atoms with van der Waals surface area (Å²) in [4.78, 5) is 4.59. The summed E-state index contributed by atoms with van der Waals surface area (Å²) in [5.74, 6) is -0.382. The van der Waals surface area contributed by atoms with E-state index in [1.807, 2.05) is 32.0 Å². The van der Waals surface area contributed by atoms with Gasteiger partial charge in [-0.1, -0.05) is 12.1 Å². The van der Waals surface area contributed by atoms with Crippen LogP contribution in [-0.2, 0) is 0 Å². The van der Waals surface area contributed by atoms with Crippen LogP contribution >= 0.6 is 0 Å². The van der Waals surface area contributed by atoms with E-state index in [4.69, 9.17) is 0 Å². The molecule has 2 heterocycles. The number of nitrogens with zero attached hydrogens (tertiary/aromatic N) is 3. The quantitative estimate of drug-likeness (QED) is 0.459. The lowest BCUT2D eigenvalue weighted by molar-refractivity contribution is 0.153. The van der Waals surface area contributed by atoms with Crippen LogP contribution in [0, 0.1) is 19.7 Å². The maximum Gasteiger partial charge on any atom is 0.264 e. The van der Waals surface area contributed by atoms with Crippen LogP contribution in [0.1, 0.15) is 23.1 Å². The number of halogens is 3. The lowest BCUT2D eigenvalue weighted by Gasteiger charge is -2.10. The Hall–Kier alpha value is -3.15. The van der Waals surface area contributed by atoms with Crippen LogP contribution in [0.15, 0.2) is 54.7 Å². The van der Waals surface area contributed by atoms with Gasteiger partial charge in [0.2, 0.25) is 0 Å². The summed E-state index contributed by atoms with van der Waals surface area (Å²) in [7, 11) is 0. The van der Waals surface area contributed by atoms with Crippen molar-refractivity contribution in [1.82, 2.24) is 14.8 Å². The Morgan fingerprint density at radius 2 is 1.67 bits per heavy atom. The number of rotatable bonds is 3. The Labute approximate surface area is 154 Å². The van der Waals surface area contributed by atoms with Crippen molar-refractivity contribution in [3.8, 4) is 16.9 Å². The van der Waals surface area contributed by atoms with Crippen molar-refractivity contribution in [1.29, 1.82) is 0 Å². The van der Waals surface area contributed by atoms with Gasteiger partial charge in [0.15, 0.2) is 5.65 Å². The summed E-state index contributed by atoms with van der Waals surface area (Å²) in [6.07, 6.45) is -1.29. The first-order valence-corrected chi connectivity index (χ1v) is 8.44. The second kappa shape index (κ2) is 6.54. The first-order chi connectivity index (χ1) is 12.9. The van der Waals surface area contributed by atoms with E-state index in [2.05, 4.69) is 10.1 Å². The number of aryl methyl sites for hydroxylation is 2. The lowest BCUT2D eigenvalue weighted by atomic mass is 10.0. The molecule has 0 aliphatic rings. The van der Waals surface area contributed by atoms with Gasteiger partial charge in [-0.15, -0.1) is 0 Å². The highest BCUT2D eigenvalue weighted by Gasteiger charge is 2.19. The highest BCUT2D eigenvalue weighted by atomic mass is 19.3. The van der Waals surface area contributed by atoms with Crippen LogP contribution in [0.3, 0.4) is 0 Å². The van der Waals surface area contributed by atoms with Crippen LogP contribution in [0.4, 0.5) is 13.2 Å². The molecule has 0 fully saturated rings. The van der Waals surface area contributed by atoms with Crippen LogP contribution in [0.25, 0.3) is 28.0 Å². The maximum absolute atomic E-state index is 13.7. The molecule has 0 aliphatic heterocycles. The molecule has 136 valence electrons. The van der Waals surface area contributed by atoms with Gasteiger partial charge in [0, 0.05) is 16.5 Å². The normalized spacial score (nSPS) is 11.5. The van der Waals surface area contributed by atoms with Crippen LogP contribution in [0.2, 0.25) is 0 Å². The molecule has 2 aromatic carbocycles. The molecule has 6 heteroatoms. The molecule has 0 spiro atoms. The predicted molar refractivity (Wildman–Crippen MR) is 98.7 cm³/mol. The zero-order chi connectivity index (χ0) is 19.1. The average Bonchev–Trinajstić information content (AvgIpc) is 3.07. The molecule has 0 saturated carbocycles. The Morgan fingerprint density at radius 1 is 0.926 bits per heavy atom. The first-order valence-electron chi connectivity index (χ1n) is 8.44. The molecule has 0 atom stereocenters. The van der Waals surface area contributed by atoms with Gasteiger partial charge >= 0.3 is 0 Å². The Balaban J connectivity index is 1.97. The second-order valence-corrected chi connectivity index (χ2v) is 6.47. The predicted octanol–water partition coefficient (Wildman–Crippen LogP) is 5.78. The van der Waals surface area contributed by atoms with Crippen molar-refractivity contribution in [2.24, 2.45) is 0 Å². The number of fused-ring (bicyclic) bond motifs is 1. The number of aromatic nitrogens is 3. The molecule has 0 N–H and O–H groups in total. The minimum Gasteiger partial charge on any atom is -0.228 e. The molecule has 0 unspecified atom stereocenters. The third kappa shape index (κ3) is 3.07. The fourth-order valence-electron chi connectivity index (χ4n) is 3.03. The van der Waals surface area contributed by atoms with Crippen molar-refractivity contribution < 1.29 is 13.2 Å². The van der Waals surface area contributed by atoms with Crippen molar-refractivity contribution in [2.45, 2.75) is 20.3 Å². The average molecular weight is 367 g/mol. The number of pyridine rings is 1. The third-order valence-electron chi connectivity index (χ3n) is 4.68. The molecule has 4 rings (SSSR count). The Morgan fingerprint density at radius 3 is 2.33 bits per heavy atom. The summed E-state index contributed by atoms with van der Waals surface area (Å²) in [6.45, 7) is 3.96. The van der Waals surface area contributed by atoms with Gasteiger partial charge in [0.1, 0.15) is 5.82 Å². The van der Waals surface area contributed by atoms with Gasteiger partial charge in [-0.25, -0.2) is 22.8 Å². The number of hydrogen-bond acceptors (Lipinski definition) is 2. The highest BCUT2D eigenvalue weighted by molar-refractivity contribution is 5.84. The molecule has 3 nitrogen and oxygen atoms in total. The topological polar surface area (TPSA) is 30.7 Å². The van der Waals surface area contributed by atoms with E-state index < -0.39 is 6.43 Å².